The smallest absolute Gasteiger partial charge is 0.250 e. The van der Waals surface area contributed by atoms with Gasteiger partial charge < -0.3 is 5.32 Å². The monoisotopic (exact) mass is 312 g/mol. The first-order valence-corrected chi connectivity index (χ1v) is 6.78. The van der Waals surface area contributed by atoms with E-state index >= 15 is 0 Å². The molecule has 0 saturated heterocycles. The normalized spacial score (nSPS) is 12.2. The van der Waals surface area contributed by atoms with E-state index in [9.17, 15) is 4.79 Å². The molecule has 20 heavy (non-hydrogen) atoms. The van der Waals surface area contributed by atoms with Gasteiger partial charge >= 0.3 is 0 Å². The minimum absolute atomic E-state index is 0.220. The quantitative estimate of drug-likeness (QED) is 0.945. The van der Waals surface area contributed by atoms with Crippen molar-refractivity contribution in [3.8, 4) is 0 Å². The Labute approximate surface area is 126 Å². The predicted molar refractivity (Wildman–Crippen MR) is 79.3 cm³/mol. The van der Waals surface area contributed by atoms with Gasteiger partial charge in [0.25, 0.3) is 0 Å². The molecule has 106 valence electrons. The highest BCUT2D eigenvalue weighted by atomic mass is 35.5. The van der Waals surface area contributed by atoms with Gasteiger partial charge in [0.2, 0.25) is 5.91 Å². The number of carbonyl (C=O) groups is 1. The lowest BCUT2D eigenvalue weighted by molar-refractivity contribution is -0.119. The number of nitrogens with zero attached hydrogens (tertiary/aromatic N) is 3. The summed E-state index contributed by atoms with van der Waals surface area (Å²) in [7, 11) is 0. The lowest BCUT2D eigenvalue weighted by atomic mass is 10.3. The largest absolute Gasteiger partial charge is 0.309 e. The molecule has 0 aliphatic rings. The van der Waals surface area contributed by atoms with E-state index in [4.69, 9.17) is 23.2 Å². The van der Waals surface area contributed by atoms with Crippen molar-refractivity contribution >= 4 is 34.9 Å². The standard InChI is InChI=1S/C13H14Cl2N4O/c1-7-4-8(2)19(18-7)9(3)13(20)17-12-5-10(14)11(15)6-16-12/h4-6,9H,1-3H3,(H,16,17,20)/t9-/m1/s1. The van der Waals surface area contributed by atoms with Crippen LogP contribution < -0.4 is 5.32 Å². The zero-order chi connectivity index (χ0) is 14.9. The first kappa shape index (κ1) is 14.8. The summed E-state index contributed by atoms with van der Waals surface area (Å²) in [6, 6.07) is 2.98. The third-order valence-electron chi connectivity index (χ3n) is 2.85. The maximum Gasteiger partial charge on any atom is 0.250 e. The van der Waals surface area contributed by atoms with Gasteiger partial charge in [-0.2, -0.15) is 5.10 Å². The lowest BCUT2D eigenvalue weighted by Crippen LogP contribution is -2.25. The lowest BCUT2D eigenvalue weighted by Gasteiger charge is -2.14. The Morgan fingerprint density at radius 3 is 2.55 bits per heavy atom. The highest BCUT2D eigenvalue weighted by Crippen LogP contribution is 2.23. The summed E-state index contributed by atoms with van der Waals surface area (Å²) in [5.74, 6) is 0.139. The van der Waals surface area contributed by atoms with E-state index in [1.165, 1.54) is 12.3 Å². The molecule has 5 nitrogen and oxygen atoms in total. The van der Waals surface area contributed by atoms with Crippen molar-refractivity contribution in [3.05, 3.63) is 39.8 Å². The van der Waals surface area contributed by atoms with Crippen molar-refractivity contribution < 1.29 is 4.79 Å². The van der Waals surface area contributed by atoms with Gasteiger partial charge in [0.15, 0.2) is 0 Å². The zero-order valence-electron chi connectivity index (χ0n) is 11.3. The molecule has 0 spiro atoms. The first-order valence-electron chi connectivity index (χ1n) is 6.03. The van der Waals surface area contributed by atoms with Crippen LogP contribution in [0.15, 0.2) is 18.3 Å². The van der Waals surface area contributed by atoms with E-state index in [0.29, 0.717) is 15.9 Å². The fraction of sp³-hybridized carbons (Fsp3) is 0.308. The summed E-state index contributed by atoms with van der Waals surface area (Å²) in [4.78, 5) is 16.2. The van der Waals surface area contributed by atoms with Crippen LogP contribution >= 0.6 is 23.2 Å². The molecule has 0 aliphatic carbocycles. The minimum atomic E-state index is -0.444. The van der Waals surface area contributed by atoms with E-state index in [1.54, 1.807) is 11.6 Å². The SMILES string of the molecule is Cc1cc(C)n([C@H](C)C(=O)Nc2cc(Cl)c(Cl)cn2)n1. The molecule has 2 aromatic heterocycles. The van der Waals surface area contributed by atoms with Crippen molar-refractivity contribution in [2.24, 2.45) is 0 Å². The fourth-order valence-electron chi connectivity index (χ4n) is 1.86. The van der Waals surface area contributed by atoms with E-state index in [-0.39, 0.29) is 5.91 Å². The molecule has 0 unspecified atom stereocenters. The molecule has 0 aliphatic heterocycles. The number of pyridine rings is 1. The number of anilines is 1. The van der Waals surface area contributed by atoms with Gasteiger partial charge in [-0.25, -0.2) is 4.98 Å². The molecule has 2 aromatic rings. The Kier molecular flexibility index (Phi) is 4.30. The van der Waals surface area contributed by atoms with Crippen LogP contribution in [0.25, 0.3) is 0 Å². The van der Waals surface area contributed by atoms with E-state index in [1.807, 2.05) is 19.9 Å². The van der Waals surface area contributed by atoms with Gasteiger partial charge in [-0.05, 0) is 26.8 Å². The summed E-state index contributed by atoms with van der Waals surface area (Å²) in [5.41, 5.74) is 1.79. The topological polar surface area (TPSA) is 59.8 Å². The summed E-state index contributed by atoms with van der Waals surface area (Å²) >= 11 is 11.7. The number of amides is 1. The molecular formula is C13H14Cl2N4O. The molecule has 0 bridgehead atoms. The number of aromatic nitrogens is 3. The predicted octanol–water partition coefficient (Wildman–Crippen LogP) is 3.40. The van der Waals surface area contributed by atoms with Crippen LogP contribution in [0.2, 0.25) is 10.0 Å². The molecule has 1 N–H and O–H groups in total. The summed E-state index contributed by atoms with van der Waals surface area (Å²) in [5, 5.41) is 7.67. The Morgan fingerprint density at radius 1 is 1.30 bits per heavy atom. The molecule has 1 amide bonds. The number of nitrogens with one attached hydrogen (secondary N) is 1. The van der Waals surface area contributed by atoms with E-state index in [0.717, 1.165) is 11.4 Å². The Hall–Kier alpha value is -1.59. The third-order valence-corrected chi connectivity index (χ3v) is 3.56. The van der Waals surface area contributed by atoms with E-state index < -0.39 is 6.04 Å². The fourth-order valence-corrected chi connectivity index (χ4v) is 2.12. The summed E-state index contributed by atoms with van der Waals surface area (Å²) < 4.78 is 1.67. The van der Waals surface area contributed by atoms with Crippen LogP contribution in [-0.2, 0) is 4.79 Å². The van der Waals surface area contributed by atoms with Crippen LogP contribution in [0.1, 0.15) is 24.4 Å². The number of hydrogen-bond acceptors (Lipinski definition) is 3. The summed E-state index contributed by atoms with van der Waals surface area (Å²) in [6.45, 7) is 5.56. The molecule has 7 heteroatoms. The van der Waals surface area contributed by atoms with Gasteiger partial charge in [0, 0.05) is 18.0 Å². The van der Waals surface area contributed by atoms with Crippen LogP contribution in [0.3, 0.4) is 0 Å². The second kappa shape index (κ2) is 5.81. The number of carbonyl (C=O) groups excluding carboxylic acids is 1. The second-order valence-corrected chi connectivity index (χ2v) is 5.33. The van der Waals surface area contributed by atoms with Crippen molar-refractivity contribution in [1.82, 2.24) is 14.8 Å². The minimum Gasteiger partial charge on any atom is -0.309 e. The average molecular weight is 313 g/mol. The van der Waals surface area contributed by atoms with Gasteiger partial charge in [-0.3, -0.25) is 9.48 Å². The molecule has 1 atom stereocenters. The average Bonchev–Trinajstić information content (AvgIpc) is 2.72. The highest BCUT2D eigenvalue weighted by Gasteiger charge is 2.18. The molecule has 0 aromatic carbocycles. The van der Waals surface area contributed by atoms with Crippen molar-refractivity contribution in [1.29, 1.82) is 0 Å². The van der Waals surface area contributed by atoms with Crippen LogP contribution in [-0.4, -0.2) is 20.7 Å². The second-order valence-electron chi connectivity index (χ2n) is 4.52. The molecule has 0 saturated carbocycles. The maximum absolute atomic E-state index is 12.2. The Bertz CT molecular complexity index is 654. The molecular weight excluding hydrogens is 299 g/mol. The number of hydrogen-bond donors (Lipinski definition) is 1. The van der Waals surface area contributed by atoms with Crippen LogP contribution in [0, 0.1) is 13.8 Å². The van der Waals surface area contributed by atoms with Crippen molar-refractivity contribution in [3.63, 3.8) is 0 Å². The highest BCUT2D eigenvalue weighted by molar-refractivity contribution is 6.42. The van der Waals surface area contributed by atoms with Crippen molar-refractivity contribution in [2.45, 2.75) is 26.8 Å². The van der Waals surface area contributed by atoms with Gasteiger partial charge in [-0.15, -0.1) is 0 Å². The molecule has 2 heterocycles. The number of aryl methyl sites for hydroxylation is 2. The third kappa shape index (κ3) is 3.11. The number of rotatable bonds is 3. The first-order chi connectivity index (χ1) is 9.38. The van der Waals surface area contributed by atoms with E-state index in [2.05, 4.69) is 15.4 Å². The molecule has 0 fully saturated rings. The van der Waals surface area contributed by atoms with Crippen molar-refractivity contribution in [2.75, 3.05) is 5.32 Å². The van der Waals surface area contributed by atoms with Gasteiger partial charge in [0.1, 0.15) is 11.9 Å². The molecule has 0 radical (unpaired) electrons. The van der Waals surface area contributed by atoms with Gasteiger partial charge in [0.05, 0.1) is 15.7 Å². The van der Waals surface area contributed by atoms with Gasteiger partial charge in [-0.1, -0.05) is 23.2 Å². The van der Waals surface area contributed by atoms with Crippen LogP contribution in [0.4, 0.5) is 5.82 Å². The zero-order valence-corrected chi connectivity index (χ0v) is 12.8. The van der Waals surface area contributed by atoms with Crippen LogP contribution in [0.5, 0.6) is 0 Å². The Balaban J connectivity index is 2.15. The Morgan fingerprint density at radius 2 is 2.00 bits per heavy atom. The summed E-state index contributed by atoms with van der Waals surface area (Å²) in [6.07, 6.45) is 1.40. The number of halogens is 2. The molecule has 2 rings (SSSR count). The maximum atomic E-state index is 12.2.